The minimum absolute atomic E-state index is 0.152. The van der Waals surface area contributed by atoms with Crippen molar-refractivity contribution >= 4 is 29.6 Å². The zero-order valence-corrected chi connectivity index (χ0v) is 19.1. The molecule has 176 valence electrons. The van der Waals surface area contributed by atoms with Crippen LogP contribution in [0.5, 0.6) is 5.75 Å². The van der Waals surface area contributed by atoms with Crippen molar-refractivity contribution in [3.8, 4) is 5.75 Å². The van der Waals surface area contributed by atoms with E-state index >= 15 is 0 Å². The lowest BCUT2D eigenvalue weighted by atomic mass is 10.0. The van der Waals surface area contributed by atoms with Crippen molar-refractivity contribution in [1.82, 2.24) is 5.32 Å². The lowest BCUT2D eigenvalue weighted by Crippen LogP contribution is -2.54. The van der Waals surface area contributed by atoms with E-state index in [1.807, 2.05) is 31.2 Å². The van der Waals surface area contributed by atoms with Crippen LogP contribution in [0.25, 0.3) is 6.08 Å². The van der Waals surface area contributed by atoms with Crippen LogP contribution >= 0.6 is 0 Å². The number of halogens is 1. The first-order chi connectivity index (χ1) is 16.9. The first-order valence-electron chi connectivity index (χ1n) is 10.9. The first-order valence-corrected chi connectivity index (χ1v) is 10.9. The van der Waals surface area contributed by atoms with Gasteiger partial charge in [0, 0.05) is 0 Å². The summed E-state index contributed by atoms with van der Waals surface area (Å²) in [5, 5.41) is 2.16. The summed E-state index contributed by atoms with van der Waals surface area (Å²) in [5.74, 6) is -1.44. The van der Waals surface area contributed by atoms with E-state index in [2.05, 4.69) is 11.9 Å². The third-order valence-electron chi connectivity index (χ3n) is 5.42. The molecule has 3 aromatic rings. The molecule has 0 atom stereocenters. The number of benzene rings is 3. The van der Waals surface area contributed by atoms with Crippen LogP contribution in [0.1, 0.15) is 22.3 Å². The van der Waals surface area contributed by atoms with Gasteiger partial charge in [0.1, 0.15) is 23.7 Å². The molecule has 1 saturated heterocycles. The summed E-state index contributed by atoms with van der Waals surface area (Å²) in [4.78, 5) is 38.6. The van der Waals surface area contributed by atoms with Gasteiger partial charge in [-0.05, 0) is 72.5 Å². The molecular formula is C28H23FN2O4. The molecule has 1 N–H and O–H groups in total. The topological polar surface area (TPSA) is 75.7 Å². The Balaban J connectivity index is 1.61. The number of nitrogens with one attached hydrogen (secondary N) is 1. The van der Waals surface area contributed by atoms with Crippen LogP contribution in [0.2, 0.25) is 0 Å². The number of ether oxygens (including phenoxy) is 1. The fraction of sp³-hybridized carbons (Fsp3) is 0.107. The van der Waals surface area contributed by atoms with E-state index in [4.69, 9.17) is 4.74 Å². The molecule has 0 aliphatic carbocycles. The van der Waals surface area contributed by atoms with Gasteiger partial charge in [-0.15, -0.1) is 6.58 Å². The van der Waals surface area contributed by atoms with Crippen molar-refractivity contribution in [2.24, 2.45) is 0 Å². The number of hydrogen-bond donors (Lipinski definition) is 1. The van der Waals surface area contributed by atoms with Crippen molar-refractivity contribution in [1.29, 1.82) is 0 Å². The number of carbonyl (C=O) groups excluding carboxylic acids is 3. The molecule has 6 nitrogen and oxygen atoms in total. The Labute approximate surface area is 202 Å². The number of barbiturate groups is 1. The normalized spacial score (nSPS) is 14.7. The molecule has 35 heavy (non-hydrogen) atoms. The number of carbonyl (C=O) groups is 3. The standard InChI is InChI=1S/C28H23FN2O4/c1-3-5-21-15-19(8-13-25(21)35-17-20-7-4-6-18(2)14-20)16-24-26(32)30-28(34)31(27(24)33)23-11-9-22(29)10-12-23/h3-4,6-16H,1,5,17H2,2H3,(H,30,32,34)/b24-16+. The molecule has 4 rings (SSSR count). The molecule has 4 amide bonds. The molecule has 0 aromatic heterocycles. The van der Waals surface area contributed by atoms with Gasteiger partial charge in [-0.2, -0.15) is 0 Å². The molecule has 1 fully saturated rings. The van der Waals surface area contributed by atoms with Gasteiger partial charge in [0.15, 0.2) is 0 Å². The Morgan fingerprint density at radius 2 is 1.80 bits per heavy atom. The molecule has 1 heterocycles. The zero-order valence-electron chi connectivity index (χ0n) is 19.1. The third kappa shape index (κ3) is 5.35. The van der Waals surface area contributed by atoms with Crippen LogP contribution in [-0.4, -0.2) is 17.8 Å². The molecule has 1 aliphatic heterocycles. The first kappa shape index (κ1) is 23.6. The summed E-state index contributed by atoms with van der Waals surface area (Å²) in [6, 6.07) is 17.3. The van der Waals surface area contributed by atoms with Crippen LogP contribution in [0.4, 0.5) is 14.9 Å². The van der Waals surface area contributed by atoms with Gasteiger partial charge in [-0.3, -0.25) is 14.9 Å². The fourth-order valence-electron chi connectivity index (χ4n) is 3.76. The van der Waals surface area contributed by atoms with E-state index in [1.165, 1.54) is 18.2 Å². The minimum Gasteiger partial charge on any atom is -0.489 e. The van der Waals surface area contributed by atoms with Crippen molar-refractivity contribution in [3.05, 3.63) is 113 Å². The average Bonchev–Trinajstić information content (AvgIpc) is 2.82. The number of anilines is 1. The minimum atomic E-state index is -0.893. The number of aryl methyl sites for hydroxylation is 1. The van der Waals surface area contributed by atoms with E-state index in [-0.39, 0.29) is 11.3 Å². The molecule has 0 spiro atoms. The summed E-state index contributed by atoms with van der Waals surface area (Å²) in [6.07, 6.45) is 3.66. The molecule has 7 heteroatoms. The lowest BCUT2D eigenvalue weighted by Gasteiger charge is -2.26. The van der Waals surface area contributed by atoms with Gasteiger partial charge < -0.3 is 4.74 Å². The van der Waals surface area contributed by atoms with Crippen LogP contribution in [-0.2, 0) is 22.6 Å². The second kappa shape index (κ2) is 10.2. The molecule has 0 radical (unpaired) electrons. The van der Waals surface area contributed by atoms with E-state index in [9.17, 15) is 18.8 Å². The average molecular weight is 471 g/mol. The number of rotatable bonds is 7. The second-order valence-electron chi connectivity index (χ2n) is 8.07. The molecule has 0 bridgehead atoms. The van der Waals surface area contributed by atoms with E-state index < -0.39 is 23.7 Å². The highest BCUT2D eigenvalue weighted by molar-refractivity contribution is 6.39. The maximum atomic E-state index is 13.3. The van der Waals surface area contributed by atoms with Gasteiger partial charge in [-0.25, -0.2) is 14.1 Å². The summed E-state index contributed by atoms with van der Waals surface area (Å²) in [6.45, 7) is 6.20. The Morgan fingerprint density at radius 1 is 1.03 bits per heavy atom. The molecule has 0 saturated carbocycles. The Bertz CT molecular complexity index is 1350. The van der Waals surface area contributed by atoms with Gasteiger partial charge in [0.25, 0.3) is 11.8 Å². The number of nitrogens with zero attached hydrogens (tertiary/aromatic N) is 1. The maximum absolute atomic E-state index is 13.3. The number of imide groups is 2. The highest BCUT2D eigenvalue weighted by atomic mass is 19.1. The maximum Gasteiger partial charge on any atom is 0.335 e. The quantitative estimate of drug-likeness (QED) is 0.296. The summed E-state index contributed by atoms with van der Waals surface area (Å²) >= 11 is 0. The number of hydrogen-bond acceptors (Lipinski definition) is 4. The molecule has 3 aromatic carbocycles. The largest absolute Gasteiger partial charge is 0.489 e. The summed E-state index contributed by atoms with van der Waals surface area (Å²) in [7, 11) is 0. The lowest BCUT2D eigenvalue weighted by molar-refractivity contribution is -0.122. The van der Waals surface area contributed by atoms with Crippen molar-refractivity contribution in [2.75, 3.05) is 4.90 Å². The summed E-state index contributed by atoms with van der Waals surface area (Å²) < 4.78 is 19.3. The predicted molar refractivity (Wildman–Crippen MR) is 131 cm³/mol. The number of allylic oxidation sites excluding steroid dienone is 1. The molecular weight excluding hydrogens is 447 g/mol. The highest BCUT2D eigenvalue weighted by Crippen LogP contribution is 2.26. The number of amides is 4. The third-order valence-corrected chi connectivity index (χ3v) is 5.42. The van der Waals surface area contributed by atoms with Crippen molar-refractivity contribution < 1.29 is 23.5 Å². The molecule has 0 unspecified atom stereocenters. The predicted octanol–water partition coefficient (Wildman–Crippen LogP) is 5.11. The fourth-order valence-corrected chi connectivity index (χ4v) is 3.76. The Morgan fingerprint density at radius 3 is 2.51 bits per heavy atom. The smallest absolute Gasteiger partial charge is 0.335 e. The van der Waals surface area contributed by atoms with E-state index in [1.54, 1.807) is 24.3 Å². The highest BCUT2D eigenvalue weighted by Gasteiger charge is 2.36. The van der Waals surface area contributed by atoms with Gasteiger partial charge in [0.05, 0.1) is 5.69 Å². The zero-order chi connectivity index (χ0) is 24.9. The van der Waals surface area contributed by atoms with Gasteiger partial charge >= 0.3 is 6.03 Å². The van der Waals surface area contributed by atoms with Crippen molar-refractivity contribution in [2.45, 2.75) is 20.0 Å². The van der Waals surface area contributed by atoms with Gasteiger partial charge in [0.2, 0.25) is 0 Å². The van der Waals surface area contributed by atoms with Crippen LogP contribution in [0.15, 0.2) is 85.0 Å². The molecule has 1 aliphatic rings. The number of urea groups is 1. The Kier molecular flexibility index (Phi) is 6.87. The Hall–Kier alpha value is -4.52. The second-order valence-corrected chi connectivity index (χ2v) is 8.07. The van der Waals surface area contributed by atoms with Crippen LogP contribution in [0.3, 0.4) is 0 Å². The van der Waals surface area contributed by atoms with Gasteiger partial charge in [-0.1, -0.05) is 42.0 Å². The van der Waals surface area contributed by atoms with Crippen molar-refractivity contribution in [3.63, 3.8) is 0 Å². The SMILES string of the molecule is C=CCc1cc(/C=C2\C(=O)NC(=O)N(c3ccc(F)cc3)C2=O)ccc1OCc1cccc(C)c1. The van der Waals surface area contributed by atoms with Crippen LogP contribution in [0, 0.1) is 12.7 Å². The van der Waals surface area contributed by atoms with E-state index in [0.717, 1.165) is 33.7 Å². The monoisotopic (exact) mass is 470 g/mol. The summed E-state index contributed by atoms with van der Waals surface area (Å²) in [5.41, 5.74) is 3.53. The van der Waals surface area contributed by atoms with E-state index in [0.29, 0.717) is 24.3 Å². The van der Waals surface area contributed by atoms with Crippen LogP contribution < -0.4 is 15.0 Å².